The molecule has 0 saturated carbocycles. The summed E-state index contributed by atoms with van der Waals surface area (Å²) < 4.78 is 33.0. The molecule has 2 saturated heterocycles. The molecule has 3 heterocycles. The van der Waals surface area contributed by atoms with Crippen LogP contribution >= 0.6 is 11.3 Å². The maximum absolute atomic E-state index is 12.9. The molecule has 2 unspecified atom stereocenters. The van der Waals surface area contributed by atoms with E-state index in [1.54, 1.807) is 6.92 Å². The first-order valence-corrected chi connectivity index (χ1v) is 12.3. The molecule has 0 aliphatic carbocycles. The molecule has 0 aromatic carbocycles. The summed E-state index contributed by atoms with van der Waals surface area (Å²) in [7, 11) is -5.03. The number of amides is 7. The average Bonchev–Trinajstić information content (AvgIpc) is 3.22. The average molecular weight is 554 g/mol. The van der Waals surface area contributed by atoms with Crippen molar-refractivity contribution < 1.29 is 71.3 Å². The molecule has 2 fully saturated rings. The van der Waals surface area contributed by atoms with Gasteiger partial charge in [-0.05, 0) is 6.92 Å². The van der Waals surface area contributed by atoms with Gasteiger partial charge >= 0.3 is 47.4 Å². The van der Waals surface area contributed by atoms with Gasteiger partial charge in [0.05, 0.1) is 12.2 Å². The molecular formula is C17H20N7NaO9S2. The molecule has 2 aliphatic rings. The molecule has 2 atom stereocenters. The fourth-order valence-corrected chi connectivity index (χ4v) is 4.69. The zero-order valence-corrected chi connectivity index (χ0v) is 23.0. The Morgan fingerprint density at radius 2 is 1.89 bits per heavy atom. The first kappa shape index (κ1) is 29.6. The Hall–Kier alpha value is -2.64. The van der Waals surface area contributed by atoms with Crippen molar-refractivity contribution in [3.8, 4) is 0 Å². The second kappa shape index (κ2) is 11.6. The van der Waals surface area contributed by atoms with Gasteiger partial charge in [0.1, 0.15) is 6.04 Å². The van der Waals surface area contributed by atoms with Crippen LogP contribution < -0.4 is 45.5 Å². The van der Waals surface area contributed by atoms with E-state index < -0.39 is 64.5 Å². The normalized spacial score (nSPS) is 18.7. The number of carbonyl (C=O) groups excluding carboxylic acids is 6. The number of nitrogens with zero attached hydrogens (tertiary/aromatic N) is 4. The third kappa shape index (κ3) is 6.37. The smallest absolute Gasteiger partial charge is 0.731 e. The first-order chi connectivity index (χ1) is 16.3. The fraction of sp³-hybridized carbons (Fsp3) is 0.471. The van der Waals surface area contributed by atoms with Crippen LogP contribution in [0.15, 0.2) is 5.38 Å². The van der Waals surface area contributed by atoms with Crippen molar-refractivity contribution in [3.63, 3.8) is 0 Å². The molecule has 1 aromatic heterocycles. The number of urea groups is 1. The topological polar surface area (TPSA) is 218 Å². The van der Waals surface area contributed by atoms with Gasteiger partial charge in [-0.25, -0.2) is 22.5 Å². The zero-order chi connectivity index (χ0) is 26.1. The quantitative estimate of drug-likeness (QED) is 0.126. The first-order valence-electron chi connectivity index (χ1n) is 10.1. The number of likely N-dealkylation sites (N-methyl/N-ethyl adjacent to an activating group) is 1. The van der Waals surface area contributed by atoms with Gasteiger partial charge in [-0.15, -0.1) is 11.3 Å². The maximum atomic E-state index is 12.9. The number of thiazole rings is 1. The van der Waals surface area contributed by atoms with Gasteiger partial charge in [-0.3, -0.25) is 28.9 Å². The molecule has 0 radical (unpaired) electrons. The minimum atomic E-state index is -5.03. The zero-order valence-electron chi connectivity index (χ0n) is 19.3. The van der Waals surface area contributed by atoms with Crippen molar-refractivity contribution in [2.75, 3.05) is 31.5 Å². The van der Waals surface area contributed by atoms with E-state index in [9.17, 15) is 41.7 Å². The van der Waals surface area contributed by atoms with Crippen molar-refractivity contribution in [3.05, 3.63) is 11.1 Å². The largest absolute Gasteiger partial charge is 1.00 e. The van der Waals surface area contributed by atoms with E-state index in [0.29, 0.717) is 4.90 Å². The van der Waals surface area contributed by atoms with Crippen LogP contribution in [0.3, 0.4) is 0 Å². The van der Waals surface area contributed by atoms with E-state index in [1.165, 1.54) is 17.2 Å². The molecule has 16 nitrogen and oxygen atoms in total. The Balaban J connectivity index is 0.00000456. The van der Waals surface area contributed by atoms with Crippen LogP contribution in [0.4, 0.5) is 9.93 Å². The van der Waals surface area contributed by atoms with Gasteiger partial charge in [0.25, 0.3) is 5.91 Å². The number of nitrogens with one attached hydrogen (secondary N) is 3. The molecule has 3 rings (SSSR count). The van der Waals surface area contributed by atoms with Crippen molar-refractivity contribution in [1.29, 1.82) is 0 Å². The fourth-order valence-electron chi connectivity index (χ4n) is 3.23. The van der Waals surface area contributed by atoms with Crippen LogP contribution in [0, 0.1) is 0 Å². The van der Waals surface area contributed by atoms with Crippen LogP contribution in [0.5, 0.6) is 0 Å². The van der Waals surface area contributed by atoms with E-state index in [1.807, 2.05) is 0 Å². The van der Waals surface area contributed by atoms with E-state index in [2.05, 4.69) is 20.9 Å². The number of piperazine rings is 1. The minimum Gasteiger partial charge on any atom is -0.731 e. The van der Waals surface area contributed by atoms with Gasteiger partial charge in [0, 0.05) is 31.9 Å². The summed E-state index contributed by atoms with van der Waals surface area (Å²) in [4.78, 5) is 79.3. The van der Waals surface area contributed by atoms with Gasteiger partial charge in [-0.2, -0.15) is 0 Å². The van der Waals surface area contributed by atoms with Crippen LogP contribution in [-0.2, 0) is 34.3 Å². The SMILES string of the molecule is CCN1CCN(C(=O)NC(C(=O)NC2CN(S(=O)(=O)[O-])C2=O)c2csc(NC(C)=O)n2)C(=O)C1=O.[Na+]. The second-order valence-corrected chi connectivity index (χ2v) is 9.53. The van der Waals surface area contributed by atoms with E-state index in [4.69, 9.17) is 0 Å². The van der Waals surface area contributed by atoms with Gasteiger partial charge in [0.2, 0.25) is 11.8 Å². The van der Waals surface area contributed by atoms with Crippen molar-refractivity contribution in [2.24, 2.45) is 0 Å². The number of aromatic nitrogens is 1. The third-order valence-electron chi connectivity index (χ3n) is 5.05. The predicted octanol–water partition coefficient (Wildman–Crippen LogP) is -5.67. The summed E-state index contributed by atoms with van der Waals surface area (Å²) in [6.07, 6.45) is 0. The monoisotopic (exact) mass is 553 g/mol. The molecule has 2 aliphatic heterocycles. The number of rotatable bonds is 7. The molecule has 36 heavy (non-hydrogen) atoms. The number of carbonyl (C=O) groups is 6. The van der Waals surface area contributed by atoms with Crippen LogP contribution in [0.25, 0.3) is 0 Å². The second-order valence-electron chi connectivity index (χ2n) is 7.37. The summed E-state index contributed by atoms with van der Waals surface area (Å²) in [5.74, 6) is -4.61. The van der Waals surface area contributed by atoms with Gasteiger partial charge in [-0.1, -0.05) is 0 Å². The van der Waals surface area contributed by atoms with E-state index in [-0.39, 0.29) is 64.3 Å². The van der Waals surface area contributed by atoms with Crippen molar-refractivity contribution >= 4 is 62.3 Å². The third-order valence-corrected chi connectivity index (χ3v) is 6.69. The summed E-state index contributed by atoms with van der Waals surface area (Å²) in [6, 6.07) is -4.04. The number of hydrogen-bond acceptors (Lipinski definition) is 11. The Morgan fingerprint density at radius 1 is 1.22 bits per heavy atom. The minimum absolute atomic E-state index is 0. The molecule has 0 spiro atoms. The van der Waals surface area contributed by atoms with Crippen LogP contribution in [0.1, 0.15) is 25.6 Å². The molecular weight excluding hydrogens is 533 g/mol. The summed E-state index contributed by atoms with van der Waals surface area (Å²) >= 11 is 0.922. The molecule has 1 aromatic rings. The number of anilines is 1. The maximum Gasteiger partial charge on any atom is 1.00 e. The number of imide groups is 1. The molecule has 3 N–H and O–H groups in total. The molecule has 0 bridgehead atoms. The van der Waals surface area contributed by atoms with Crippen LogP contribution in [-0.4, -0.2) is 99.8 Å². The summed E-state index contributed by atoms with van der Waals surface area (Å²) in [5.41, 5.74) is -0.0735. The Labute approximate surface area is 230 Å². The van der Waals surface area contributed by atoms with Gasteiger partial charge in [0.15, 0.2) is 21.5 Å². The van der Waals surface area contributed by atoms with Crippen molar-refractivity contribution in [1.82, 2.24) is 29.7 Å². The van der Waals surface area contributed by atoms with E-state index >= 15 is 0 Å². The molecule has 7 amide bonds. The Kier molecular flexibility index (Phi) is 9.54. The van der Waals surface area contributed by atoms with Crippen molar-refractivity contribution in [2.45, 2.75) is 25.9 Å². The van der Waals surface area contributed by atoms with E-state index in [0.717, 1.165) is 11.3 Å². The molecule has 19 heteroatoms. The summed E-state index contributed by atoms with van der Waals surface area (Å²) in [6.45, 7) is 2.51. The summed E-state index contributed by atoms with van der Waals surface area (Å²) in [5, 5.41) is 8.30. The Morgan fingerprint density at radius 3 is 2.44 bits per heavy atom. The number of β-lactam (4-membered cyclic amide) rings is 1. The number of hydrogen-bond donors (Lipinski definition) is 3. The predicted molar refractivity (Wildman–Crippen MR) is 115 cm³/mol. The Bertz CT molecular complexity index is 1200. The van der Waals surface area contributed by atoms with Crippen LogP contribution in [0.2, 0.25) is 0 Å². The standard InChI is InChI=1S/C17H21N7O9S2.Na/c1-3-22-4-5-23(15(29)14(22)28)17(30)21-11(10-7-34-16(20-10)18-8(2)25)12(26)19-9-6-24(13(9)27)35(31,32)33;/h7,9,11H,3-6H2,1-2H3,(H,19,26)(H,21,30)(H,18,20,25)(H,31,32,33);/q;+1/p-1. The van der Waals surface area contributed by atoms with Gasteiger partial charge < -0.3 is 25.4 Å². The molecule has 190 valence electrons.